The van der Waals surface area contributed by atoms with Gasteiger partial charge in [-0.15, -0.1) is 0 Å². The van der Waals surface area contributed by atoms with Gasteiger partial charge in [0.15, 0.2) is 17.1 Å². The van der Waals surface area contributed by atoms with E-state index in [2.05, 4.69) is 4.98 Å². The summed E-state index contributed by atoms with van der Waals surface area (Å²) in [5.74, 6) is 0.277. The van der Waals surface area contributed by atoms with Crippen LogP contribution in [-0.4, -0.2) is 11.3 Å². The monoisotopic (exact) mass is 273 g/mol. The molecule has 0 aliphatic rings. The van der Waals surface area contributed by atoms with Crippen LogP contribution >= 0.6 is 35.0 Å². The molecule has 0 atom stereocenters. The number of halogens is 2. The number of rotatable bonds is 3. The van der Waals surface area contributed by atoms with Crippen molar-refractivity contribution in [3.05, 3.63) is 40.3 Å². The van der Waals surface area contributed by atoms with Crippen LogP contribution in [0.3, 0.4) is 0 Å². The Hall–Kier alpha value is -0.970. The summed E-state index contributed by atoms with van der Waals surface area (Å²) in [7, 11) is 0. The molecule has 2 aromatic heterocycles. The Morgan fingerprint density at radius 3 is 2.81 bits per heavy atom. The zero-order chi connectivity index (χ0) is 11.5. The molecule has 16 heavy (non-hydrogen) atoms. The van der Waals surface area contributed by atoms with E-state index >= 15 is 0 Å². The van der Waals surface area contributed by atoms with Crippen LogP contribution in [0.25, 0.3) is 0 Å². The number of carbonyl (C=O) groups excluding carboxylic acids is 1. The molecular weight excluding hydrogens is 269 g/mol. The van der Waals surface area contributed by atoms with Crippen LogP contribution in [-0.2, 0) is 0 Å². The largest absolute Gasteiger partial charge is 0.447 e. The Balaban J connectivity index is 2.26. The first-order valence-electron chi connectivity index (χ1n) is 4.23. The van der Waals surface area contributed by atoms with Crippen LogP contribution in [0.15, 0.2) is 38.8 Å². The summed E-state index contributed by atoms with van der Waals surface area (Å²) in [6, 6.07) is 5.01. The maximum atomic E-state index is 10.4. The van der Waals surface area contributed by atoms with Crippen molar-refractivity contribution in [2.75, 3.05) is 0 Å². The number of nitrogens with zero attached hydrogens (tertiary/aromatic N) is 1. The summed E-state index contributed by atoms with van der Waals surface area (Å²) in [6.07, 6.45) is 2.20. The van der Waals surface area contributed by atoms with Crippen molar-refractivity contribution < 1.29 is 9.21 Å². The molecule has 2 aromatic rings. The predicted octanol–water partition coefficient (Wildman–Crippen LogP) is 3.95. The van der Waals surface area contributed by atoms with E-state index < -0.39 is 0 Å². The van der Waals surface area contributed by atoms with Gasteiger partial charge in [0.2, 0.25) is 0 Å². The van der Waals surface area contributed by atoms with Crippen LogP contribution in [0.1, 0.15) is 10.6 Å². The van der Waals surface area contributed by atoms with E-state index in [0.29, 0.717) is 16.4 Å². The second kappa shape index (κ2) is 4.91. The average Bonchev–Trinajstić information content (AvgIpc) is 2.73. The van der Waals surface area contributed by atoms with Crippen LogP contribution in [0.5, 0.6) is 0 Å². The molecule has 2 heterocycles. The molecule has 2 rings (SSSR count). The van der Waals surface area contributed by atoms with Crippen molar-refractivity contribution in [1.82, 2.24) is 4.98 Å². The van der Waals surface area contributed by atoms with Crippen molar-refractivity contribution in [1.29, 1.82) is 0 Å². The smallest absolute Gasteiger partial charge is 0.185 e. The van der Waals surface area contributed by atoms with E-state index in [1.165, 1.54) is 11.8 Å². The molecule has 0 fully saturated rings. The number of aldehydes is 1. The van der Waals surface area contributed by atoms with E-state index in [1.54, 1.807) is 24.4 Å². The number of furan rings is 1. The average molecular weight is 274 g/mol. The van der Waals surface area contributed by atoms with E-state index in [1.807, 2.05) is 0 Å². The third-order valence-electron chi connectivity index (χ3n) is 1.74. The fourth-order valence-electron chi connectivity index (χ4n) is 1.04. The van der Waals surface area contributed by atoms with Gasteiger partial charge in [-0.25, -0.2) is 4.98 Å². The number of hydrogen-bond donors (Lipinski definition) is 0. The highest BCUT2D eigenvalue weighted by atomic mass is 35.5. The first-order chi connectivity index (χ1) is 7.70. The second-order valence-corrected chi connectivity index (χ2v) is 4.57. The third kappa shape index (κ3) is 2.40. The van der Waals surface area contributed by atoms with Crippen molar-refractivity contribution in [3.8, 4) is 0 Å². The van der Waals surface area contributed by atoms with Gasteiger partial charge in [-0.1, -0.05) is 35.0 Å². The Bertz CT molecular complexity index is 527. The van der Waals surface area contributed by atoms with E-state index in [-0.39, 0.29) is 10.9 Å². The zero-order valence-electron chi connectivity index (χ0n) is 7.81. The molecule has 0 saturated carbocycles. The van der Waals surface area contributed by atoms with Gasteiger partial charge in [0.1, 0.15) is 5.15 Å². The van der Waals surface area contributed by atoms with E-state index in [0.717, 1.165) is 4.90 Å². The van der Waals surface area contributed by atoms with Crippen LogP contribution in [0, 0.1) is 0 Å². The summed E-state index contributed by atoms with van der Waals surface area (Å²) >= 11 is 13.0. The van der Waals surface area contributed by atoms with Crippen LogP contribution in [0.2, 0.25) is 10.2 Å². The molecule has 0 N–H and O–H groups in total. The maximum absolute atomic E-state index is 10.4. The standard InChI is InChI=1S/C10H5Cl2NO2S/c11-9-7(3-4-13-10(9)12)16-8-2-1-6(5-14)15-8/h1-5H. The van der Waals surface area contributed by atoms with Crippen molar-refractivity contribution in [2.45, 2.75) is 9.99 Å². The number of aromatic nitrogens is 1. The molecular formula is C10H5Cl2NO2S. The molecule has 0 aliphatic heterocycles. The lowest BCUT2D eigenvalue weighted by atomic mass is 10.5. The van der Waals surface area contributed by atoms with Gasteiger partial charge in [-0.2, -0.15) is 0 Å². The Morgan fingerprint density at radius 2 is 2.12 bits per heavy atom. The number of hydrogen-bond acceptors (Lipinski definition) is 4. The molecule has 0 bridgehead atoms. The van der Waals surface area contributed by atoms with Crippen molar-refractivity contribution >= 4 is 41.2 Å². The molecule has 82 valence electrons. The van der Waals surface area contributed by atoms with Gasteiger partial charge in [0.25, 0.3) is 0 Å². The SMILES string of the molecule is O=Cc1ccc(Sc2ccnc(Cl)c2Cl)o1. The highest BCUT2D eigenvalue weighted by molar-refractivity contribution is 7.99. The normalized spacial score (nSPS) is 10.4. The van der Waals surface area contributed by atoms with Gasteiger partial charge in [-0.3, -0.25) is 4.79 Å². The Morgan fingerprint density at radius 1 is 1.31 bits per heavy atom. The second-order valence-electron chi connectivity index (χ2n) is 2.79. The van der Waals surface area contributed by atoms with Gasteiger partial charge >= 0.3 is 0 Å². The van der Waals surface area contributed by atoms with Gasteiger partial charge in [-0.05, 0) is 18.2 Å². The molecule has 0 spiro atoms. The lowest BCUT2D eigenvalue weighted by Gasteiger charge is -2.01. The van der Waals surface area contributed by atoms with Crippen molar-refractivity contribution in [2.24, 2.45) is 0 Å². The van der Waals surface area contributed by atoms with Crippen LogP contribution in [0.4, 0.5) is 0 Å². The number of carbonyl (C=O) groups is 1. The molecule has 0 aromatic carbocycles. The van der Waals surface area contributed by atoms with Gasteiger partial charge in [0.05, 0.1) is 5.02 Å². The summed E-state index contributed by atoms with van der Waals surface area (Å²) in [5, 5.41) is 1.19. The molecule has 6 heteroatoms. The lowest BCUT2D eigenvalue weighted by molar-refractivity contribution is 0.109. The molecule has 0 radical (unpaired) electrons. The summed E-state index contributed by atoms with van der Waals surface area (Å²) in [4.78, 5) is 15.0. The summed E-state index contributed by atoms with van der Waals surface area (Å²) in [5.41, 5.74) is 0. The Labute approximate surface area is 106 Å². The Kier molecular flexibility index (Phi) is 3.53. The molecule has 3 nitrogen and oxygen atoms in total. The molecule has 0 amide bonds. The first kappa shape index (κ1) is 11.5. The summed E-state index contributed by atoms with van der Waals surface area (Å²) in [6.45, 7) is 0. The quantitative estimate of drug-likeness (QED) is 0.628. The highest BCUT2D eigenvalue weighted by Crippen LogP contribution is 2.36. The van der Waals surface area contributed by atoms with E-state index in [4.69, 9.17) is 27.6 Å². The lowest BCUT2D eigenvalue weighted by Crippen LogP contribution is -1.79. The van der Waals surface area contributed by atoms with Gasteiger partial charge < -0.3 is 4.42 Å². The maximum Gasteiger partial charge on any atom is 0.185 e. The minimum absolute atomic E-state index is 0.244. The minimum atomic E-state index is 0.244. The molecule has 0 unspecified atom stereocenters. The topological polar surface area (TPSA) is 43.1 Å². The number of pyridine rings is 1. The molecule has 0 aliphatic carbocycles. The van der Waals surface area contributed by atoms with Gasteiger partial charge in [0, 0.05) is 11.1 Å². The third-order valence-corrected chi connectivity index (χ3v) is 3.60. The first-order valence-corrected chi connectivity index (χ1v) is 5.81. The highest BCUT2D eigenvalue weighted by Gasteiger charge is 2.09. The van der Waals surface area contributed by atoms with E-state index in [9.17, 15) is 4.79 Å². The fourth-order valence-corrected chi connectivity index (χ4v) is 2.29. The van der Waals surface area contributed by atoms with Crippen LogP contribution < -0.4 is 0 Å². The zero-order valence-corrected chi connectivity index (χ0v) is 10.1. The minimum Gasteiger partial charge on any atom is -0.447 e. The summed E-state index contributed by atoms with van der Waals surface area (Å²) < 4.78 is 5.20. The predicted molar refractivity (Wildman–Crippen MR) is 62.5 cm³/mol. The molecule has 0 saturated heterocycles. The fraction of sp³-hybridized carbons (Fsp3) is 0. The van der Waals surface area contributed by atoms with Crippen molar-refractivity contribution in [3.63, 3.8) is 0 Å².